The summed E-state index contributed by atoms with van der Waals surface area (Å²) in [7, 11) is 0. The van der Waals surface area contributed by atoms with Crippen molar-refractivity contribution in [2.45, 2.75) is 84.1 Å². The summed E-state index contributed by atoms with van der Waals surface area (Å²) in [5.74, 6) is 1.39. The van der Waals surface area contributed by atoms with Gasteiger partial charge in [-0.15, -0.1) is 0 Å². The first-order valence-electron chi connectivity index (χ1n) is 23.5. The highest BCUT2D eigenvalue weighted by atomic mass is 16.5. The van der Waals surface area contributed by atoms with Crippen molar-refractivity contribution in [3.05, 3.63) is 117 Å². The minimum absolute atomic E-state index is 0.661. The monoisotopic (exact) mass is 821 g/mol. The van der Waals surface area contributed by atoms with Crippen LogP contribution in [0.3, 0.4) is 0 Å². The normalized spacial score (nSPS) is 20.5. The molecule has 0 atom stereocenters. The van der Waals surface area contributed by atoms with E-state index in [1.807, 2.05) is 0 Å². The topological polar surface area (TPSA) is 66.0 Å². The fourth-order valence-corrected chi connectivity index (χ4v) is 10.6. The molecule has 2 aromatic carbocycles. The molecule has 8 nitrogen and oxygen atoms in total. The Labute approximate surface area is 365 Å². The van der Waals surface area contributed by atoms with E-state index >= 15 is 0 Å². The Kier molecular flexibility index (Phi) is 13.6. The molecule has 4 fully saturated rings. The van der Waals surface area contributed by atoms with E-state index < -0.39 is 0 Å². The molecule has 4 saturated heterocycles. The molecule has 322 valence electrons. The summed E-state index contributed by atoms with van der Waals surface area (Å²) >= 11 is 0. The van der Waals surface area contributed by atoms with Crippen LogP contribution in [0.4, 0.5) is 0 Å². The van der Waals surface area contributed by atoms with Crippen LogP contribution in [0, 0.1) is 13.8 Å². The summed E-state index contributed by atoms with van der Waals surface area (Å²) in [4.78, 5) is 17.6. The zero-order valence-corrected chi connectivity index (χ0v) is 37.4. The third-order valence-corrected chi connectivity index (χ3v) is 14.0. The van der Waals surface area contributed by atoms with E-state index in [4.69, 9.17) is 19.4 Å². The number of morpholine rings is 2. The molecule has 0 unspecified atom stereocenters. The van der Waals surface area contributed by atoms with Crippen molar-refractivity contribution in [3.63, 3.8) is 0 Å². The van der Waals surface area contributed by atoms with Gasteiger partial charge >= 0.3 is 0 Å². The van der Waals surface area contributed by atoms with Crippen molar-refractivity contribution < 1.29 is 9.47 Å². The van der Waals surface area contributed by atoms with Gasteiger partial charge in [0.15, 0.2) is 0 Å². The summed E-state index contributed by atoms with van der Waals surface area (Å²) in [6.45, 7) is 23.2. The molecule has 0 bridgehead atoms. The van der Waals surface area contributed by atoms with E-state index in [-0.39, 0.29) is 0 Å². The quantitative estimate of drug-likeness (QED) is 0.180. The molecule has 4 aliphatic heterocycles. The van der Waals surface area contributed by atoms with Crippen molar-refractivity contribution in [2.75, 3.05) is 91.9 Å². The van der Waals surface area contributed by atoms with E-state index in [1.165, 1.54) is 94.4 Å². The van der Waals surface area contributed by atoms with E-state index in [1.54, 1.807) is 0 Å². The van der Waals surface area contributed by atoms with Crippen LogP contribution in [0.15, 0.2) is 71.8 Å². The van der Waals surface area contributed by atoms with Crippen molar-refractivity contribution in [2.24, 2.45) is 0 Å². The van der Waals surface area contributed by atoms with Crippen LogP contribution < -0.4 is 5.32 Å². The van der Waals surface area contributed by atoms with Gasteiger partial charge in [0.2, 0.25) is 0 Å². The first-order valence-corrected chi connectivity index (χ1v) is 23.5. The Balaban J connectivity index is 0.000000157. The first-order chi connectivity index (χ1) is 29.8. The van der Waals surface area contributed by atoms with Gasteiger partial charge in [-0.2, -0.15) is 0 Å². The predicted octanol–water partition coefficient (Wildman–Crippen LogP) is 8.71. The molecule has 10 rings (SSSR count). The molecule has 2 aliphatic carbocycles. The molecular formula is C53H68N6O2. The van der Waals surface area contributed by atoms with Crippen LogP contribution in [-0.4, -0.2) is 123 Å². The summed E-state index contributed by atoms with van der Waals surface area (Å²) in [6.07, 6.45) is 11.9. The molecule has 0 amide bonds. The minimum Gasteiger partial charge on any atom is -0.379 e. The molecule has 61 heavy (non-hydrogen) atoms. The van der Waals surface area contributed by atoms with Gasteiger partial charge in [0.1, 0.15) is 0 Å². The molecule has 0 radical (unpaired) electrons. The van der Waals surface area contributed by atoms with Gasteiger partial charge in [-0.1, -0.05) is 71.8 Å². The Morgan fingerprint density at radius 1 is 0.590 bits per heavy atom. The summed E-state index contributed by atoms with van der Waals surface area (Å²) in [5, 5.41) is 3.46. The standard InChI is InChI=1S/C28H37N3O.C25H31N3O/c1-20(2)31-10-8-24(9-11-31)23-4-6-25(7-5-23)28-27-18-22(17-26(27)16-21(3)29-28)19-30-12-14-32-15-13-30;1-18-14-23-15-19(17-28-10-12-29-13-11-28)16-24(23)25(27-18)22-4-2-20(3-5-22)21-6-8-26-9-7-21/h4-7,16,18,20,24H,8-15,17,19H2,1-3H3;2-5,14,16,21,26H,6-13,15,17H2,1H3. The van der Waals surface area contributed by atoms with Crippen LogP contribution in [0.1, 0.15) is 96.1 Å². The number of ether oxygens (including phenoxy) is 2. The van der Waals surface area contributed by atoms with E-state index in [9.17, 15) is 0 Å². The van der Waals surface area contributed by atoms with Crippen molar-refractivity contribution >= 4 is 12.2 Å². The number of likely N-dealkylation sites (tertiary alicyclic amines) is 1. The van der Waals surface area contributed by atoms with Gasteiger partial charge in [-0.25, -0.2) is 0 Å². The number of fused-ring (bicyclic) bond motifs is 2. The number of hydrogen-bond donors (Lipinski definition) is 1. The lowest BCUT2D eigenvalue weighted by Crippen LogP contribution is -2.37. The van der Waals surface area contributed by atoms with Crippen LogP contribution in [-0.2, 0) is 22.3 Å². The van der Waals surface area contributed by atoms with E-state index in [2.05, 4.69) is 121 Å². The van der Waals surface area contributed by atoms with Gasteiger partial charge in [-0.3, -0.25) is 19.8 Å². The van der Waals surface area contributed by atoms with E-state index in [0.717, 1.165) is 114 Å². The lowest BCUT2D eigenvalue weighted by molar-refractivity contribution is 0.0421. The molecule has 4 aromatic rings. The second-order valence-corrected chi connectivity index (χ2v) is 18.8. The number of aryl methyl sites for hydroxylation is 2. The van der Waals surface area contributed by atoms with Crippen molar-refractivity contribution in [3.8, 4) is 22.5 Å². The SMILES string of the molecule is Cc1cc2c(c(-c3ccc(C4CCN(C(C)C)CC4)cc3)n1)C=C(CN1CCOCC1)C2.Cc1cc2c(c(-c3ccc(C4CCNCC4)cc3)n1)C=C(CN1CCOCC1)C2. The highest BCUT2D eigenvalue weighted by Gasteiger charge is 2.25. The largest absolute Gasteiger partial charge is 0.379 e. The van der Waals surface area contributed by atoms with Crippen LogP contribution in [0.25, 0.3) is 34.7 Å². The molecule has 0 spiro atoms. The second kappa shape index (κ2) is 19.6. The van der Waals surface area contributed by atoms with Crippen LogP contribution >= 0.6 is 0 Å². The van der Waals surface area contributed by atoms with Gasteiger partial charge in [0.05, 0.1) is 37.8 Å². The molecule has 8 heteroatoms. The maximum absolute atomic E-state index is 5.51. The summed E-state index contributed by atoms with van der Waals surface area (Å²) < 4.78 is 11.0. The maximum atomic E-state index is 5.51. The molecule has 0 saturated carbocycles. The zero-order chi connectivity index (χ0) is 41.7. The van der Waals surface area contributed by atoms with E-state index in [0.29, 0.717) is 17.9 Å². The smallest absolute Gasteiger partial charge is 0.0780 e. The Morgan fingerprint density at radius 2 is 1.02 bits per heavy atom. The Bertz CT molecular complexity index is 2170. The van der Waals surface area contributed by atoms with Gasteiger partial charge < -0.3 is 19.7 Å². The lowest BCUT2D eigenvalue weighted by atomic mass is 9.88. The summed E-state index contributed by atoms with van der Waals surface area (Å²) in [6, 6.07) is 23.8. The highest BCUT2D eigenvalue weighted by molar-refractivity contribution is 5.80. The minimum atomic E-state index is 0.661. The fourth-order valence-electron chi connectivity index (χ4n) is 10.6. The maximum Gasteiger partial charge on any atom is 0.0780 e. The molecule has 6 heterocycles. The number of benzene rings is 2. The number of pyridine rings is 2. The number of aromatic nitrogens is 2. The third kappa shape index (κ3) is 10.3. The second-order valence-electron chi connectivity index (χ2n) is 18.8. The van der Waals surface area contributed by atoms with Crippen LogP contribution in [0.5, 0.6) is 0 Å². The fraction of sp³-hybridized carbons (Fsp3) is 0.509. The summed E-state index contributed by atoms with van der Waals surface area (Å²) in [5.41, 5.74) is 18.5. The highest BCUT2D eigenvalue weighted by Crippen LogP contribution is 2.37. The Hall–Kier alpha value is -4.02. The number of nitrogens with one attached hydrogen (secondary N) is 1. The molecule has 1 N–H and O–H groups in total. The predicted molar refractivity (Wildman–Crippen MR) is 250 cm³/mol. The first kappa shape index (κ1) is 42.3. The molecule has 2 aromatic heterocycles. The van der Waals surface area contributed by atoms with Gasteiger partial charge in [-0.05, 0) is 139 Å². The number of piperidine rings is 2. The molecular weight excluding hydrogens is 753 g/mol. The zero-order valence-electron chi connectivity index (χ0n) is 37.4. The number of nitrogens with zero attached hydrogens (tertiary/aromatic N) is 5. The average molecular weight is 821 g/mol. The third-order valence-electron chi connectivity index (χ3n) is 14.0. The Morgan fingerprint density at radius 3 is 1.44 bits per heavy atom. The average Bonchev–Trinajstić information content (AvgIpc) is 3.90. The lowest BCUT2D eigenvalue weighted by Gasteiger charge is -2.34. The number of rotatable bonds is 9. The molecule has 6 aliphatic rings. The van der Waals surface area contributed by atoms with Gasteiger partial charge in [0, 0.05) is 79.0 Å². The van der Waals surface area contributed by atoms with Gasteiger partial charge in [0.25, 0.3) is 0 Å². The van der Waals surface area contributed by atoms with Crippen molar-refractivity contribution in [1.82, 2.24) is 30.0 Å². The van der Waals surface area contributed by atoms with Crippen LogP contribution in [0.2, 0.25) is 0 Å². The number of hydrogen-bond acceptors (Lipinski definition) is 8. The van der Waals surface area contributed by atoms with Crippen molar-refractivity contribution in [1.29, 1.82) is 0 Å².